The van der Waals surface area contributed by atoms with E-state index >= 15 is 0 Å². The molecule has 0 N–H and O–H groups in total. The van der Waals surface area contributed by atoms with Crippen molar-refractivity contribution in [3.8, 4) is 6.07 Å². The number of hydrogen-bond donors (Lipinski definition) is 0. The van der Waals surface area contributed by atoms with Crippen molar-refractivity contribution in [3.05, 3.63) is 0 Å². The smallest absolute Gasteiger partial charge is 0.306 e. The third-order valence-electron chi connectivity index (χ3n) is 10.8. The number of esters is 2. The maximum atomic E-state index is 12.8. The average Bonchev–Trinajstić information content (AvgIpc) is 3.09. The topological polar surface area (TPSA) is 76.4 Å². The SMILES string of the molecule is CC(=O)O[C@@H]1CC[C@@]2(C)[C@H](CC[C@@H]3[C@@H]2CC[C@@]2(C)[C@H]3C[C@H](OC(=O)C[C@@H](C)CCl)[C@@H]2C(C)C#N)C1. The number of carbonyl (C=O) groups is 2. The van der Waals surface area contributed by atoms with Gasteiger partial charge < -0.3 is 9.47 Å². The van der Waals surface area contributed by atoms with Gasteiger partial charge in [0.1, 0.15) is 12.2 Å². The van der Waals surface area contributed by atoms with Gasteiger partial charge in [-0.15, -0.1) is 11.6 Å². The molecule has 4 aliphatic rings. The Labute approximate surface area is 216 Å². The van der Waals surface area contributed by atoms with Crippen LogP contribution in [0.3, 0.4) is 0 Å². The van der Waals surface area contributed by atoms with Crippen molar-refractivity contribution in [2.75, 3.05) is 5.88 Å². The van der Waals surface area contributed by atoms with Crippen molar-refractivity contribution in [2.45, 2.75) is 105 Å². The summed E-state index contributed by atoms with van der Waals surface area (Å²) in [7, 11) is 0. The molecule has 1 unspecified atom stereocenters. The van der Waals surface area contributed by atoms with Crippen LogP contribution in [0.25, 0.3) is 0 Å². The van der Waals surface area contributed by atoms with E-state index in [9.17, 15) is 14.9 Å². The lowest BCUT2D eigenvalue weighted by molar-refractivity contribution is -0.161. The summed E-state index contributed by atoms with van der Waals surface area (Å²) < 4.78 is 11.8. The number of hydrogen-bond acceptors (Lipinski definition) is 5. The fourth-order valence-electron chi connectivity index (χ4n) is 9.24. The highest BCUT2D eigenvalue weighted by Crippen LogP contribution is 2.68. The normalized spacial score (nSPS) is 44.1. The van der Waals surface area contributed by atoms with Gasteiger partial charge in [0.15, 0.2) is 0 Å². The quantitative estimate of drug-likeness (QED) is 0.303. The summed E-state index contributed by atoms with van der Waals surface area (Å²) in [6.45, 7) is 10.4. The van der Waals surface area contributed by atoms with Gasteiger partial charge in [-0.3, -0.25) is 9.59 Å². The molecule has 4 fully saturated rings. The Bertz CT molecular complexity index is 856. The molecular formula is C29H44ClNO4. The molecule has 4 aliphatic carbocycles. The highest BCUT2D eigenvalue weighted by molar-refractivity contribution is 6.18. The molecule has 0 saturated heterocycles. The van der Waals surface area contributed by atoms with Gasteiger partial charge in [0.2, 0.25) is 0 Å². The van der Waals surface area contributed by atoms with Crippen LogP contribution in [-0.4, -0.2) is 30.0 Å². The molecule has 0 amide bonds. The third kappa shape index (κ3) is 4.86. The van der Waals surface area contributed by atoms with E-state index in [1.165, 1.54) is 26.2 Å². The zero-order valence-electron chi connectivity index (χ0n) is 22.2. The second kappa shape index (κ2) is 10.2. The minimum atomic E-state index is -0.182. The maximum Gasteiger partial charge on any atom is 0.306 e. The van der Waals surface area contributed by atoms with Crippen molar-refractivity contribution in [2.24, 2.45) is 52.3 Å². The van der Waals surface area contributed by atoms with E-state index in [1.54, 1.807) is 0 Å². The number of halogens is 1. The first kappa shape index (κ1) is 26.8. The van der Waals surface area contributed by atoms with Crippen molar-refractivity contribution in [1.82, 2.24) is 0 Å². The highest BCUT2D eigenvalue weighted by Gasteiger charge is 2.64. The Kier molecular flexibility index (Phi) is 7.83. The summed E-state index contributed by atoms with van der Waals surface area (Å²) >= 11 is 5.94. The van der Waals surface area contributed by atoms with Gasteiger partial charge >= 0.3 is 11.9 Å². The van der Waals surface area contributed by atoms with Crippen LogP contribution in [0, 0.1) is 63.6 Å². The van der Waals surface area contributed by atoms with Crippen molar-refractivity contribution < 1.29 is 19.1 Å². The van der Waals surface area contributed by atoms with Crippen LogP contribution in [0.4, 0.5) is 0 Å². The number of fused-ring (bicyclic) bond motifs is 5. The van der Waals surface area contributed by atoms with Gasteiger partial charge in [-0.1, -0.05) is 20.8 Å². The number of carbonyl (C=O) groups excluding carboxylic acids is 2. The fourth-order valence-corrected chi connectivity index (χ4v) is 9.35. The van der Waals surface area contributed by atoms with Gasteiger partial charge in [-0.25, -0.2) is 0 Å². The molecule has 0 aromatic rings. The first-order valence-corrected chi connectivity index (χ1v) is 14.4. The molecule has 0 aliphatic heterocycles. The van der Waals surface area contributed by atoms with Gasteiger partial charge in [0.25, 0.3) is 0 Å². The van der Waals surface area contributed by atoms with E-state index in [0.717, 1.165) is 32.1 Å². The predicted octanol–water partition coefficient (Wildman–Crippen LogP) is 6.52. The number of nitriles is 1. The summed E-state index contributed by atoms with van der Waals surface area (Å²) in [5, 5.41) is 9.91. The number of nitrogens with zero attached hydrogens (tertiary/aromatic N) is 1. The molecule has 0 spiro atoms. The predicted molar refractivity (Wildman–Crippen MR) is 135 cm³/mol. The molecule has 11 atom stereocenters. The molecule has 6 heteroatoms. The lowest BCUT2D eigenvalue weighted by atomic mass is 9.44. The molecule has 0 radical (unpaired) electrons. The van der Waals surface area contributed by atoms with Gasteiger partial charge in [0.05, 0.1) is 12.0 Å². The van der Waals surface area contributed by atoms with E-state index in [4.69, 9.17) is 21.1 Å². The monoisotopic (exact) mass is 505 g/mol. The Morgan fingerprint density at radius 1 is 1.03 bits per heavy atom. The van der Waals surface area contributed by atoms with Crippen molar-refractivity contribution >= 4 is 23.5 Å². The van der Waals surface area contributed by atoms with E-state index in [1.807, 2.05) is 13.8 Å². The Hall–Kier alpha value is -1.28. The van der Waals surface area contributed by atoms with Crippen LogP contribution < -0.4 is 0 Å². The summed E-state index contributed by atoms with van der Waals surface area (Å²) in [6, 6.07) is 2.51. The van der Waals surface area contributed by atoms with Gasteiger partial charge in [-0.2, -0.15) is 5.26 Å². The Balaban J connectivity index is 1.54. The Morgan fingerprint density at radius 2 is 1.74 bits per heavy atom. The second-order valence-electron chi connectivity index (χ2n) is 12.9. The number of alkyl halides is 1. The van der Waals surface area contributed by atoms with Gasteiger partial charge in [0, 0.05) is 25.1 Å². The minimum Gasteiger partial charge on any atom is -0.463 e. The van der Waals surface area contributed by atoms with Crippen LogP contribution in [0.1, 0.15) is 92.4 Å². The summed E-state index contributed by atoms with van der Waals surface area (Å²) in [6.07, 6.45) is 8.83. The molecule has 5 nitrogen and oxygen atoms in total. The van der Waals surface area contributed by atoms with E-state index in [-0.39, 0.29) is 52.7 Å². The molecule has 35 heavy (non-hydrogen) atoms. The second-order valence-corrected chi connectivity index (χ2v) is 13.2. The van der Waals surface area contributed by atoms with Crippen LogP contribution in [-0.2, 0) is 19.1 Å². The van der Waals surface area contributed by atoms with E-state index in [2.05, 4.69) is 19.9 Å². The zero-order chi connectivity index (χ0) is 25.5. The highest BCUT2D eigenvalue weighted by atomic mass is 35.5. The summed E-state index contributed by atoms with van der Waals surface area (Å²) in [4.78, 5) is 24.3. The molecule has 0 bridgehead atoms. The first-order chi connectivity index (χ1) is 16.5. The third-order valence-corrected chi connectivity index (χ3v) is 11.4. The lowest BCUT2D eigenvalue weighted by Crippen LogP contribution is -2.54. The molecular weight excluding hydrogens is 462 g/mol. The minimum absolute atomic E-state index is 0.0253. The molecule has 0 heterocycles. The summed E-state index contributed by atoms with van der Waals surface area (Å²) in [5.74, 6) is 2.50. The maximum absolute atomic E-state index is 12.8. The molecule has 0 aromatic carbocycles. The van der Waals surface area contributed by atoms with E-state index in [0.29, 0.717) is 36.0 Å². The zero-order valence-corrected chi connectivity index (χ0v) is 23.0. The van der Waals surface area contributed by atoms with Crippen molar-refractivity contribution in [3.63, 3.8) is 0 Å². The van der Waals surface area contributed by atoms with Crippen LogP contribution in [0.15, 0.2) is 0 Å². The van der Waals surface area contributed by atoms with Crippen LogP contribution >= 0.6 is 11.6 Å². The molecule has 0 aromatic heterocycles. The standard InChI is InChI=1S/C29H44ClNO4/c1-17(15-30)12-26(33)35-25-14-24-22-7-6-20-13-21(34-19(3)32)8-10-28(20,4)23(22)9-11-29(24,5)27(25)18(2)16-31/h17-18,20-25,27H,6-15H2,1-5H3/t17-,18?,20-,21-,22-,23+,24+,25+,27+,28+,29+/m1/s1. The average molecular weight is 506 g/mol. The largest absolute Gasteiger partial charge is 0.463 e. The van der Waals surface area contributed by atoms with Gasteiger partial charge in [-0.05, 0) is 98.7 Å². The van der Waals surface area contributed by atoms with Crippen molar-refractivity contribution in [1.29, 1.82) is 5.26 Å². The number of ether oxygens (including phenoxy) is 2. The lowest BCUT2D eigenvalue weighted by Gasteiger charge is -2.61. The van der Waals surface area contributed by atoms with E-state index < -0.39 is 0 Å². The number of rotatable bonds is 6. The molecule has 4 rings (SSSR count). The van der Waals surface area contributed by atoms with Crippen LogP contribution in [0.2, 0.25) is 0 Å². The Morgan fingerprint density at radius 3 is 2.40 bits per heavy atom. The molecule has 196 valence electrons. The molecule has 4 saturated carbocycles. The fraction of sp³-hybridized carbons (Fsp3) is 0.897. The van der Waals surface area contributed by atoms with Crippen LogP contribution in [0.5, 0.6) is 0 Å². The first-order valence-electron chi connectivity index (χ1n) is 13.9. The summed E-state index contributed by atoms with van der Waals surface area (Å²) in [5.41, 5.74) is 0.305.